The second-order valence-corrected chi connectivity index (χ2v) is 13.1. The number of piperazine rings is 1. The molecule has 254 valence electrons. The van der Waals surface area contributed by atoms with E-state index in [9.17, 15) is 18.8 Å². The summed E-state index contributed by atoms with van der Waals surface area (Å²) in [4.78, 5) is 30.6. The number of hydrogen-bond donors (Lipinski definition) is 0. The van der Waals surface area contributed by atoms with Crippen molar-refractivity contribution in [1.29, 1.82) is 5.26 Å². The van der Waals surface area contributed by atoms with Crippen LogP contribution in [0.3, 0.4) is 0 Å². The molecule has 1 amide bonds. The minimum absolute atomic E-state index is 0.0371. The first kappa shape index (κ1) is 32.5. The number of hydrogen-bond acceptors (Lipinski definition) is 9. The molecule has 2 atom stereocenters. The summed E-state index contributed by atoms with van der Waals surface area (Å²) in [5, 5.41) is 12.0. The van der Waals surface area contributed by atoms with Gasteiger partial charge < -0.3 is 24.2 Å². The predicted octanol–water partition coefficient (Wildman–Crippen LogP) is 5.65. The lowest BCUT2D eigenvalue weighted by atomic mass is 10.0. The van der Waals surface area contributed by atoms with Crippen molar-refractivity contribution in [2.75, 3.05) is 56.2 Å². The van der Waals surface area contributed by atoms with E-state index in [-0.39, 0.29) is 38.6 Å². The van der Waals surface area contributed by atoms with E-state index >= 15 is 0 Å². The van der Waals surface area contributed by atoms with E-state index in [1.165, 1.54) is 0 Å². The van der Waals surface area contributed by atoms with Crippen molar-refractivity contribution in [1.82, 2.24) is 19.8 Å². The van der Waals surface area contributed by atoms with E-state index < -0.39 is 24.1 Å². The summed E-state index contributed by atoms with van der Waals surface area (Å²) in [6, 6.07) is 25.5. The molecule has 7 rings (SSSR count). The van der Waals surface area contributed by atoms with E-state index in [0.29, 0.717) is 38.4 Å². The van der Waals surface area contributed by atoms with Crippen LogP contribution >= 0.6 is 0 Å². The molecule has 2 fully saturated rings. The van der Waals surface area contributed by atoms with Crippen LogP contribution in [0, 0.1) is 11.3 Å². The number of alkyl halides is 2. The SMILES string of the molecule is CN1CC(F)(F)CC1COc1nc2c(c(N3CCN(C(=O)OCc4ccccc4)C(CC#N)C3)n1)CCN(c1cccc3ccccc13)C2. The van der Waals surface area contributed by atoms with Crippen LogP contribution in [0.1, 0.15) is 29.7 Å². The van der Waals surface area contributed by atoms with Crippen LogP contribution in [-0.2, 0) is 24.3 Å². The van der Waals surface area contributed by atoms with Crippen molar-refractivity contribution < 1.29 is 23.0 Å². The first-order chi connectivity index (χ1) is 23.8. The molecular weight excluding hydrogens is 628 g/mol. The fourth-order valence-corrected chi connectivity index (χ4v) is 7.19. The average Bonchev–Trinajstić information content (AvgIpc) is 3.39. The molecule has 2 unspecified atom stereocenters. The summed E-state index contributed by atoms with van der Waals surface area (Å²) in [5.74, 6) is -2.07. The van der Waals surface area contributed by atoms with Crippen LogP contribution in [0.4, 0.5) is 25.1 Å². The second kappa shape index (κ2) is 13.8. The standard InChI is InChI=1S/C37H39F2N7O3/c1-43-25-37(38,39)20-29(43)24-48-35-41-32-22-44(33-13-7-11-27-10-5-6-12-30(27)33)17-15-31(32)34(42-35)45-18-19-46(28(21-45)14-16-40)36(47)49-23-26-8-3-2-4-9-26/h2-13,28-29H,14-15,17-25H2,1H3. The number of nitriles is 1. The van der Waals surface area contributed by atoms with E-state index in [2.05, 4.69) is 46.2 Å². The van der Waals surface area contributed by atoms with Crippen LogP contribution in [0.5, 0.6) is 6.01 Å². The van der Waals surface area contributed by atoms with Crippen LogP contribution in [-0.4, -0.2) is 90.2 Å². The van der Waals surface area contributed by atoms with Gasteiger partial charge in [-0.1, -0.05) is 66.7 Å². The Morgan fingerprint density at radius 1 is 0.980 bits per heavy atom. The largest absolute Gasteiger partial charge is 0.462 e. The summed E-state index contributed by atoms with van der Waals surface area (Å²) in [7, 11) is 1.68. The van der Waals surface area contributed by atoms with E-state index in [1.54, 1.807) is 16.8 Å². The zero-order chi connectivity index (χ0) is 34.0. The molecule has 0 N–H and O–H groups in total. The number of nitrogens with zero attached hydrogens (tertiary/aromatic N) is 7. The monoisotopic (exact) mass is 667 g/mol. The van der Waals surface area contributed by atoms with Crippen molar-refractivity contribution in [2.24, 2.45) is 0 Å². The van der Waals surface area contributed by atoms with Gasteiger partial charge in [0.15, 0.2) is 0 Å². The predicted molar refractivity (Wildman–Crippen MR) is 182 cm³/mol. The van der Waals surface area contributed by atoms with Gasteiger partial charge >= 0.3 is 12.1 Å². The maximum Gasteiger partial charge on any atom is 0.410 e. The van der Waals surface area contributed by atoms with Gasteiger partial charge in [-0.05, 0) is 30.5 Å². The Balaban J connectivity index is 1.15. The van der Waals surface area contributed by atoms with E-state index in [0.717, 1.165) is 39.8 Å². The summed E-state index contributed by atoms with van der Waals surface area (Å²) in [6.07, 6.45) is 0.0631. The molecule has 10 nitrogen and oxygen atoms in total. The Hall–Kier alpha value is -5.02. The number of amides is 1. The average molecular weight is 668 g/mol. The fraction of sp³-hybridized carbons (Fsp3) is 0.405. The fourth-order valence-electron chi connectivity index (χ4n) is 7.19. The Morgan fingerprint density at radius 3 is 2.57 bits per heavy atom. The van der Waals surface area contributed by atoms with Gasteiger partial charge in [0, 0.05) is 55.3 Å². The van der Waals surface area contributed by atoms with Crippen LogP contribution in [0.2, 0.25) is 0 Å². The summed E-state index contributed by atoms with van der Waals surface area (Å²) in [5.41, 5.74) is 3.80. The third-order valence-electron chi connectivity index (χ3n) is 9.72. The zero-order valence-corrected chi connectivity index (χ0v) is 27.5. The van der Waals surface area contributed by atoms with Gasteiger partial charge in [-0.2, -0.15) is 15.2 Å². The molecule has 0 saturated carbocycles. The Bertz CT molecular complexity index is 1850. The number of halogens is 2. The van der Waals surface area contributed by atoms with Crippen LogP contribution < -0.4 is 14.5 Å². The molecule has 0 spiro atoms. The minimum Gasteiger partial charge on any atom is -0.462 e. The molecule has 49 heavy (non-hydrogen) atoms. The van der Waals surface area contributed by atoms with E-state index in [1.807, 2.05) is 42.5 Å². The third-order valence-corrected chi connectivity index (χ3v) is 9.72. The van der Waals surface area contributed by atoms with Crippen molar-refractivity contribution in [3.05, 3.63) is 89.6 Å². The topological polar surface area (TPSA) is 98.1 Å². The minimum atomic E-state index is -2.76. The number of likely N-dealkylation sites (N-methyl/N-ethyl adjacent to an activating group) is 1. The number of ether oxygens (including phenoxy) is 2. The maximum absolute atomic E-state index is 14.1. The number of anilines is 2. The molecule has 0 bridgehead atoms. The molecule has 12 heteroatoms. The second-order valence-electron chi connectivity index (χ2n) is 13.1. The molecule has 3 aliphatic heterocycles. The molecule has 3 aliphatic rings. The number of fused-ring (bicyclic) bond motifs is 2. The smallest absolute Gasteiger partial charge is 0.410 e. The lowest BCUT2D eigenvalue weighted by molar-refractivity contribution is 0.0136. The normalized spacial score (nSPS) is 20.6. The highest BCUT2D eigenvalue weighted by Gasteiger charge is 2.43. The van der Waals surface area contributed by atoms with Crippen molar-refractivity contribution >= 4 is 28.4 Å². The number of aromatic nitrogens is 2. The maximum atomic E-state index is 14.1. The molecule has 4 heterocycles. The number of carbonyl (C=O) groups excluding carboxylic acids is 1. The van der Waals surface area contributed by atoms with Crippen molar-refractivity contribution in [3.63, 3.8) is 0 Å². The van der Waals surface area contributed by atoms with Crippen molar-refractivity contribution in [2.45, 2.75) is 50.4 Å². The number of rotatable bonds is 8. The summed E-state index contributed by atoms with van der Waals surface area (Å²) >= 11 is 0. The lowest BCUT2D eigenvalue weighted by Gasteiger charge is -2.42. The van der Waals surface area contributed by atoms with Crippen molar-refractivity contribution in [3.8, 4) is 12.1 Å². The highest BCUT2D eigenvalue weighted by molar-refractivity contribution is 5.94. The molecule has 4 aromatic rings. The van der Waals surface area contributed by atoms with Gasteiger partial charge in [0.1, 0.15) is 19.0 Å². The molecule has 2 saturated heterocycles. The highest BCUT2D eigenvalue weighted by atomic mass is 19.3. The quantitative estimate of drug-likeness (QED) is 0.236. The molecule has 1 aromatic heterocycles. The molecule has 0 aliphatic carbocycles. The summed E-state index contributed by atoms with van der Waals surface area (Å²) < 4.78 is 40.0. The Morgan fingerprint density at radius 2 is 1.78 bits per heavy atom. The van der Waals surface area contributed by atoms with E-state index in [4.69, 9.17) is 19.4 Å². The van der Waals surface area contributed by atoms with Gasteiger partial charge in [0.2, 0.25) is 0 Å². The third kappa shape index (κ3) is 7.08. The molecular formula is C37H39F2N7O3. The number of benzene rings is 3. The lowest BCUT2D eigenvalue weighted by Crippen LogP contribution is -2.55. The van der Waals surface area contributed by atoms with Gasteiger partial charge in [0.25, 0.3) is 5.92 Å². The first-order valence-electron chi connectivity index (χ1n) is 16.7. The Kier molecular flexibility index (Phi) is 9.19. The number of carbonyl (C=O) groups is 1. The Labute approximate surface area is 284 Å². The van der Waals surface area contributed by atoms with Gasteiger partial charge in [-0.3, -0.25) is 4.90 Å². The number of likely N-dealkylation sites (tertiary alicyclic amines) is 1. The first-order valence-corrected chi connectivity index (χ1v) is 16.7. The van der Waals surface area contributed by atoms with Gasteiger partial charge in [0.05, 0.1) is 37.3 Å². The molecule has 0 radical (unpaired) electrons. The highest BCUT2D eigenvalue weighted by Crippen LogP contribution is 2.36. The molecule has 3 aromatic carbocycles. The zero-order valence-electron chi connectivity index (χ0n) is 27.5. The summed E-state index contributed by atoms with van der Waals surface area (Å²) in [6.45, 7) is 2.33. The van der Waals surface area contributed by atoms with Crippen LogP contribution in [0.15, 0.2) is 72.8 Å². The van der Waals surface area contributed by atoms with Crippen LogP contribution in [0.25, 0.3) is 10.8 Å². The van der Waals surface area contributed by atoms with Gasteiger partial charge in [-0.25, -0.2) is 13.6 Å². The van der Waals surface area contributed by atoms with Gasteiger partial charge in [-0.15, -0.1) is 0 Å².